The van der Waals surface area contributed by atoms with Crippen molar-refractivity contribution in [1.29, 1.82) is 0 Å². The maximum absolute atomic E-state index is 11.7. The molecule has 0 aliphatic carbocycles. The number of fused-ring (bicyclic) bond motifs is 1. The molecular formula is C8H7Br2N3O. The van der Waals surface area contributed by atoms with Gasteiger partial charge >= 0.3 is 0 Å². The summed E-state index contributed by atoms with van der Waals surface area (Å²) in [6.45, 7) is 0.476. The van der Waals surface area contributed by atoms with E-state index in [0.717, 1.165) is 5.84 Å². The molecule has 74 valence electrons. The van der Waals surface area contributed by atoms with Crippen LogP contribution in [-0.4, -0.2) is 39.2 Å². The summed E-state index contributed by atoms with van der Waals surface area (Å²) < 4.78 is -0.337. The normalized spacial score (nSPS) is 24.1. The van der Waals surface area contributed by atoms with Crippen LogP contribution < -0.4 is 0 Å². The Morgan fingerprint density at radius 2 is 2.43 bits per heavy atom. The van der Waals surface area contributed by atoms with Crippen LogP contribution >= 0.6 is 31.9 Å². The number of carbonyl (C=O) groups is 1. The van der Waals surface area contributed by atoms with Crippen LogP contribution in [0, 0.1) is 0 Å². The van der Waals surface area contributed by atoms with E-state index in [4.69, 9.17) is 0 Å². The molecule has 2 aliphatic rings. The maximum atomic E-state index is 11.7. The van der Waals surface area contributed by atoms with E-state index in [2.05, 4.69) is 42.0 Å². The molecule has 2 rings (SSSR count). The summed E-state index contributed by atoms with van der Waals surface area (Å²) in [7, 11) is 0. The molecule has 14 heavy (non-hydrogen) atoms. The molecule has 0 radical (unpaired) electrons. The Kier molecular flexibility index (Phi) is 2.83. The van der Waals surface area contributed by atoms with Gasteiger partial charge in [0.25, 0.3) is 0 Å². The van der Waals surface area contributed by atoms with Crippen molar-refractivity contribution in [1.82, 2.24) is 5.01 Å². The number of alkyl halides is 2. The molecule has 0 N–H and O–H groups in total. The lowest BCUT2D eigenvalue weighted by molar-refractivity contribution is -0.120. The van der Waals surface area contributed by atoms with Gasteiger partial charge in [-0.1, -0.05) is 31.9 Å². The van der Waals surface area contributed by atoms with Crippen molar-refractivity contribution in [3.05, 3.63) is 12.2 Å². The molecule has 1 atom stereocenters. The highest BCUT2D eigenvalue weighted by molar-refractivity contribution is 9.25. The van der Waals surface area contributed by atoms with Crippen LogP contribution in [0.5, 0.6) is 0 Å². The maximum Gasteiger partial charge on any atom is 0.183 e. The number of aliphatic imine (C=N–C) groups is 1. The number of halogens is 2. The molecule has 0 spiro atoms. The molecule has 6 heteroatoms. The number of Topliss-reactive ketones (excluding diaryl/α,β-unsaturated/α-hetero) is 1. The number of ketones is 1. The largest absolute Gasteiger partial charge is 0.295 e. The van der Waals surface area contributed by atoms with E-state index in [0.29, 0.717) is 6.54 Å². The van der Waals surface area contributed by atoms with Crippen LogP contribution in [-0.2, 0) is 4.79 Å². The smallest absolute Gasteiger partial charge is 0.183 e. The molecule has 1 unspecified atom stereocenters. The second-order valence-electron chi connectivity index (χ2n) is 2.89. The minimum absolute atomic E-state index is 0.0381. The Balaban J connectivity index is 2.16. The second kappa shape index (κ2) is 3.94. The Morgan fingerprint density at radius 1 is 1.64 bits per heavy atom. The SMILES string of the molecule is O=C(C(Br)Br)C1CN=C2C=CC=NN21. The van der Waals surface area contributed by atoms with Crippen molar-refractivity contribution in [2.45, 2.75) is 9.78 Å². The Bertz CT molecular complexity index is 348. The average molecular weight is 321 g/mol. The molecule has 0 saturated heterocycles. The number of rotatable bonds is 2. The van der Waals surface area contributed by atoms with Crippen molar-refractivity contribution in [2.24, 2.45) is 10.1 Å². The van der Waals surface area contributed by atoms with Crippen LogP contribution in [0.15, 0.2) is 22.2 Å². The fraction of sp³-hybridized carbons (Fsp3) is 0.375. The Morgan fingerprint density at radius 3 is 3.14 bits per heavy atom. The minimum Gasteiger partial charge on any atom is -0.295 e. The molecule has 0 aromatic carbocycles. The number of hydrazone groups is 1. The molecule has 2 aliphatic heterocycles. The monoisotopic (exact) mass is 319 g/mol. The lowest BCUT2D eigenvalue weighted by Crippen LogP contribution is -2.41. The van der Waals surface area contributed by atoms with Crippen molar-refractivity contribution in [3.63, 3.8) is 0 Å². The highest BCUT2D eigenvalue weighted by Gasteiger charge is 2.35. The topological polar surface area (TPSA) is 45.0 Å². The number of hydrogen-bond acceptors (Lipinski definition) is 4. The fourth-order valence-electron chi connectivity index (χ4n) is 1.35. The summed E-state index contributed by atoms with van der Waals surface area (Å²) in [5.74, 6) is 0.794. The summed E-state index contributed by atoms with van der Waals surface area (Å²) in [6.07, 6.45) is 5.31. The first-order chi connectivity index (χ1) is 6.70. The standard InChI is InChI=1S/C8H7Br2N3O/c9-8(10)7(14)5-4-11-6-2-1-3-12-13(5)6/h1-3,5,8H,4H2. The minimum atomic E-state index is -0.337. The van der Waals surface area contributed by atoms with Gasteiger partial charge in [-0.2, -0.15) is 5.10 Å². The van der Waals surface area contributed by atoms with Gasteiger partial charge in [0.2, 0.25) is 0 Å². The molecular weight excluding hydrogens is 314 g/mol. The van der Waals surface area contributed by atoms with Crippen LogP contribution in [0.25, 0.3) is 0 Å². The Hall–Kier alpha value is -0.490. The van der Waals surface area contributed by atoms with Gasteiger partial charge in [-0.15, -0.1) is 0 Å². The predicted molar refractivity (Wildman–Crippen MR) is 62.2 cm³/mol. The zero-order chi connectivity index (χ0) is 10.1. The van der Waals surface area contributed by atoms with E-state index in [1.165, 1.54) is 0 Å². The molecule has 0 aromatic heterocycles. The first-order valence-corrected chi connectivity index (χ1v) is 5.89. The van der Waals surface area contributed by atoms with Crippen molar-refractivity contribution in [2.75, 3.05) is 6.54 Å². The van der Waals surface area contributed by atoms with Crippen molar-refractivity contribution < 1.29 is 4.79 Å². The number of allylic oxidation sites excluding steroid dienone is 1. The number of nitrogens with zero attached hydrogens (tertiary/aromatic N) is 3. The van der Waals surface area contributed by atoms with Gasteiger partial charge in [-0.05, 0) is 12.2 Å². The quantitative estimate of drug-likeness (QED) is 0.720. The first-order valence-electron chi connectivity index (χ1n) is 4.06. The number of carbonyl (C=O) groups excluding carboxylic acids is 1. The summed E-state index contributed by atoms with van der Waals surface area (Å²) in [5.41, 5.74) is 0. The summed E-state index contributed by atoms with van der Waals surface area (Å²) in [5, 5.41) is 5.76. The van der Waals surface area contributed by atoms with Crippen LogP contribution in [0.4, 0.5) is 0 Å². The van der Waals surface area contributed by atoms with Gasteiger partial charge < -0.3 is 0 Å². The van der Waals surface area contributed by atoms with Gasteiger partial charge in [-0.3, -0.25) is 9.79 Å². The zero-order valence-corrected chi connectivity index (χ0v) is 10.3. The van der Waals surface area contributed by atoms with Crippen LogP contribution in [0.1, 0.15) is 0 Å². The molecule has 0 saturated carbocycles. The molecule has 0 amide bonds. The van der Waals surface area contributed by atoms with Crippen LogP contribution in [0.2, 0.25) is 0 Å². The van der Waals surface area contributed by atoms with Gasteiger partial charge in [-0.25, -0.2) is 5.01 Å². The number of amidine groups is 1. The molecule has 2 heterocycles. The Labute approximate surface area is 98.0 Å². The summed E-state index contributed by atoms with van der Waals surface area (Å²) in [4.78, 5) is 15.9. The molecule has 0 aromatic rings. The predicted octanol–water partition coefficient (Wildman–Crippen LogP) is 1.31. The molecule has 0 fully saturated rings. The third-order valence-electron chi connectivity index (χ3n) is 2.02. The average Bonchev–Trinajstić information content (AvgIpc) is 2.60. The lowest BCUT2D eigenvalue weighted by atomic mass is 10.2. The number of hydrogen-bond donors (Lipinski definition) is 0. The van der Waals surface area contributed by atoms with Gasteiger partial charge in [0, 0.05) is 6.21 Å². The van der Waals surface area contributed by atoms with Crippen LogP contribution in [0.3, 0.4) is 0 Å². The van der Waals surface area contributed by atoms with E-state index in [1.54, 1.807) is 11.2 Å². The fourth-order valence-corrected chi connectivity index (χ4v) is 1.96. The van der Waals surface area contributed by atoms with Gasteiger partial charge in [0.1, 0.15) is 15.6 Å². The van der Waals surface area contributed by atoms with Gasteiger partial charge in [0.15, 0.2) is 5.78 Å². The highest BCUT2D eigenvalue weighted by atomic mass is 79.9. The third kappa shape index (κ3) is 1.68. The summed E-state index contributed by atoms with van der Waals surface area (Å²) >= 11 is 6.37. The van der Waals surface area contributed by atoms with Crippen molar-refractivity contribution in [3.8, 4) is 0 Å². The van der Waals surface area contributed by atoms with E-state index >= 15 is 0 Å². The molecule has 0 bridgehead atoms. The van der Waals surface area contributed by atoms with E-state index < -0.39 is 0 Å². The molecule has 4 nitrogen and oxygen atoms in total. The van der Waals surface area contributed by atoms with E-state index in [1.807, 2.05) is 12.2 Å². The third-order valence-corrected chi connectivity index (χ3v) is 2.92. The summed E-state index contributed by atoms with van der Waals surface area (Å²) in [6, 6.07) is -0.282. The van der Waals surface area contributed by atoms with E-state index in [9.17, 15) is 4.79 Å². The van der Waals surface area contributed by atoms with E-state index in [-0.39, 0.29) is 15.6 Å². The zero-order valence-electron chi connectivity index (χ0n) is 7.10. The second-order valence-corrected chi connectivity index (χ2v) is 5.95. The highest BCUT2D eigenvalue weighted by Crippen LogP contribution is 2.20. The van der Waals surface area contributed by atoms with Crippen molar-refractivity contribution >= 4 is 49.7 Å². The lowest BCUT2D eigenvalue weighted by Gasteiger charge is -2.22. The first kappa shape index (κ1) is 10.0. The van der Waals surface area contributed by atoms with Gasteiger partial charge in [0.05, 0.1) is 6.54 Å².